The lowest BCUT2D eigenvalue weighted by atomic mass is 10.1. The first kappa shape index (κ1) is 17.3. The third kappa shape index (κ3) is 3.52. The molecule has 0 fully saturated rings. The average molecular weight is 385 g/mol. The van der Waals surface area contributed by atoms with Crippen molar-refractivity contribution < 1.29 is 14.3 Å². The Balaban J connectivity index is 1.21. The van der Waals surface area contributed by atoms with Crippen molar-refractivity contribution in [3.8, 4) is 11.5 Å². The van der Waals surface area contributed by atoms with Crippen LogP contribution in [0.4, 0.5) is 5.69 Å². The third-order valence-electron chi connectivity index (χ3n) is 5.11. The Bertz CT molecular complexity index is 1070. The molecule has 2 aliphatic rings. The van der Waals surface area contributed by atoms with Crippen LogP contribution >= 0.6 is 0 Å². The molecule has 29 heavy (non-hydrogen) atoms. The summed E-state index contributed by atoms with van der Waals surface area (Å²) in [6.45, 7) is 2.01. The molecule has 0 aromatic heterocycles. The van der Waals surface area contributed by atoms with E-state index in [4.69, 9.17) is 9.47 Å². The zero-order chi connectivity index (χ0) is 19.6. The summed E-state index contributed by atoms with van der Waals surface area (Å²) in [6.07, 6.45) is 1.58. The number of rotatable bonds is 4. The number of anilines is 1. The van der Waals surface area contributed by atoms with Crippen molar-refractivity contribution in [3.63, 3.8) is 0 Å². The van der Waals surface area contributed by atoms with Crippen LogP contribution in [0.2, 0.25) is 0 Å². The average Bonchev–Trinajstić information content (AvgIpc) is 3.40. The van der Waals surface area contributed by atoms with Gasteiger partial charge >= 0.3 is 0 Å². The summed E-state index contributed by atoms with van der Waals surface area (Å²) in [5, 5.41) is 4.04. The minimum atomic E-state index is -0.252. The van der Waals surface area contributed by atoms with Crippen molar-refractivity contribution in [2.75, 3.05) is 11.7 Å². The number of carbonyl (C=O) groups is 1. The maximum Gasteiger partial charge on any atom is 0.271 e. The Morgan fingerprint density at radius 1 is 0.931 bits per heavy atom. The molecule has 0 saturated carbocycles. The maximum atomic E-state index is 12.4. The number of carbonyl (C=O) groups excluding carboxylic acids is 1. The van der Waals surface area contributed by atoms with Crippen LogP contribution in [0.15, 0.2) is 71.8 Å². The lowest BCUT2D eigenvalue weighted by molar-refractivity contribution is 0.0955. The van der Waals surface area contributed by atoms with E-state index in [0.29, 0.717) is 17.1 Å². The summed E-state index contributed by atoms with van der Waals surface area (Å²) in [6, 6.07) is 21.6. The molecule has 6 nitrogen and oxygen atoms in total. The molecule has 0 atom stereocenters. The predicted octanol–water partition coefficient (Wildman–Crippen LogP) is 3.70. The zero-order valence-electron chi connectivity index (χ0n) is 15.7. The highest BCUT2D eigenvalue weighted by Gasteiger charge is 2.18. The van der Waals surface area contributed by atoms with E-state index in [9.17, 15) is 4.79 Å². The largest absolute Gasteiger partial charge is 0.454 e. The number of fused-ring (bicyclic) bond motifs is 2. The molecular formula is C23H19N3O3. The van der Waals surface area contributed by atoms with Crippen LogP contribution in [-0.2, 0) is 13.1 Å². The molecule has 0 aliphatic carbocycles. The van der Waals surface area contributed by atoms with Gasteiger partial charge in [-0.1, -0.05) is 24.3 Å². The van der Waals surface area contributed by atoms with Gasteiger partial charge in [-0.05, 0) is 59.2 Å². The van der Waals surface area contributed by atoms with Gasteiger partial charge in [0, 0.05) is 24.3 Å². The smallest absolute Gasteiger partial charge is 0.271 e. The van der Waals surface area contributed by atoms with Gasteiger partial charge in [0.2, 0.25) is 6.79 Å². The molecule has 2 aliphatic heterocycles. The standard InChI is InChI=1S/C23H19N3O3/c27-23(25-24-12-16-5-10-21-22(11-16)29-15-28-21)17-6-8-20(9-7-17)26-13-18-3-1-2-4-19(18)14-26/h1-12H,13-15H2,(H,25,27)/b24-12-. The number of nitrogens with zero attached hydrogens (tertiary/aromatic N) is 2. The quantitative estimate of drug-likeness (QED) is 0.549. The van der Waals surface area contributed by atoms with Gasteiger partial charge in [0.25, 0.3) is 5.91 Å². The van der Waals surface area contributed by atoms with Gasteiger partial charge in [-0.2, -0.15) is 5.10 Å². The molecule has 5 rings (SSSR count). The highest BCUT2D eigenvalue weighted by molar-refractivity contribution is 5.95. The van der Waals surface area contributed by atoms with E-state index in [2.05, 4.69) is 39.7 Å². The van der Waals surface area contributed by atoms with E-state index in [-0.39, 0.29) is 12.7 Å². The molecule has 0 radical (unpaired) electrons. The summed E-state index contributed by atoms with van der Waals surface area (Å²) >= 11 is 0. The Morgan fingerprint density at radius 2 is 1.66 bits per heavy atom. The first-order valence-electron chi connectivity index (χ1n) is 9.41. The number of hydrogen-bond acceptors (Lipinski definition) is 5. The fraction of sp³-hybridized carbons (Fsp3) is 0.130. The van der Waals surface area contributed by atoms with Gasteiger partial charge < -0.3 is 14.4 Å². The van der Waals surface area contributed by atoms with Gasteiger partial charge in [0.15, 0.2) is 11.5 Å². The van der Waals surface area contributed by atoms with E-state index >= 15 is 0 Å². The fourth-order valence-electron chi connectivity index (χ4n) is 3.56. The normalized spacial score (nSPS) is 14.3. The van der Waals surface area contributed by atoms with E-state index in [1.165, 1.54) is 11.1 Å². The minimum Gasteiger partial charge on any atom is -0.454 e. The Morgan fingerprint density at radius 3 is 2.41 bits per heavy atom. The molecule has 3 aromatic rings. The monoisotopic (exact) mass is 385 g/mol. The summed E-state index contributed by atoms with van der Waals surface area (Å²) in [5.74, 6) is 1.14. The molecule has 1 N–H and O–H groups in total. The van der Waals surface area contributed by atoms with Crippen LogP contribution in [0.5, 0.6) is 11.5 Å². The lowest BCUT2D eigenvalue weighted by Gasteiger charge is -2.17. The van der Waals surface area contributed by atoms with Crippen LogP contribution in [0.1, 0.15) is 27.0 Å². The maximum absolute atomic E-state index is 12.4. The number of nitrogens with one attached hydrogen (secondary N) is 1. The Kier molecular flexibility index (Phi) is 4.37. The highest BCUT2D eigenvalue weighted by Crippen LogP contribution is 2.32. The molecule has 2 heterocycles. The van der Waals surface area contributed by atoms with E-state index in [1.54, 1.807) is 6.21 Å². The second-order valence-electron chi connectivity index (χ2n) is 6.98. The molecular weight excluding hydrogens is 366 g/mol. The lowest BCUT2D eigenvalue weighted by Crippen LogP contribution is -2.18. The van der Waals surface area contributed by atoms with Gasteiger partial charge in [-0.25, -0.2) is 5.43 Å². The summed E-state index contributed by atoms with van der Waals surface area (Å²) in [5.41, 5.74) is 7.75. The first-order valence-corrected chi connectivity index (χ1v) is 9.41. The summed E-state index contributed by atoms with van der Waals surface area (Å²) in [4.78, 5) is 14.6. The number of amides is 1. The van der Waals surface area contributed by atoms with Crippen molar-refractivity contribution in [1.29, 1.82) is 0 Å². The zero-order valence-corrected chi connectivity index (χ0v) is 15.7. The number of benzene rings is 3. The molecule has 0 unspecified atom stereocenters. The predicted molar refractivity (Wildman–Crippen MR) is 110 cm³/mol. The second-order valence-corrected chi connectivity index (χ2v) is 6.98. The topological polar surface area (TPSA) is 63.2 Å². The number of hydrazone groups is 1. The molecule has 0 spiro atoms. The Labute approximate surface area is 168 Å². The number of hydrogen-bond donors (Lipinski definition) is 1. The van der Waals surface area contributed by atoms with Crippen molar-refractivity contribution in [3.05, 3.63) is 89.0 Å². The van der Waals surface area contributed by atoms with E-state index in [1.807, 2.05) is 42.5 Å². The molecule has 6 heteroatoms. The molecule has 144 valence electrons. The molecule has 1 amide bonds. The first-order chi connectivity index (χ1) is 14.3. The Hall–Kier alpha value is -3.80. The summed E-state index contributed by atoms with van der Waals surface area (Å²) < 4.78 is 10.6. The van der Waals surface area contributed by atoms with Gasteiger partial charge in [0.1, 0.15) is 0 Å². The van der Waals surface area contributed by atoms with Crippen LogP contribution in [-0.4, -0.2) is 18.9 Å². The van der Waals surface area contributed by atoms with Crippen LogP contribution in [0.3, 0.4) is 0 Å². The van der Waals surface area contributed by atoms with Crippen molar-refractivity contribution in [2.24, 2.45) is 5.10 Å². The summed E-state index contributed by atoms with van der Waals surface area (Å²) in [7, 11) is 0. The third-order valence-corrected chi connectivity index (χ3v) is 5.11. The van der Waals surface area contributed by atoms with Crippen molar-refractivity contribution in [1.82, 2.24) is 5.43 Å². The van der Waals surface area contributed by atoms with Crippen LogP contribution < -0.4 is 19.8 Å². The van der Waals surface area contributed by atoms with Crippen molar-refractivity contribution in [2.45, 2.75) is 13.1 Å². The SMILES string of the molecule is O=C(N/N=C\c1ccc2c(c1)OCO2)c1ccc(N2Cc3ccccc3C2)cc1. The molecule has 3 aromatic carbocycles. The fourth-order valence-corrected chi connectivity index (χ4v) is 3.56. The van der Waals surface area contributed by atoms with E-state index < -0.39 is 0 Å². The van der Waals surface area contributed by atoms with Crippen molar-refractivity contribution >= 4 is 17.8 Å². The van der Waals surface area contributed by atoms with Gasteiger partial charge in [-0.15, -0.1) is 0 Å². The number of ether oxygens (including phenoxy) is 2. The van der Waals surface area contributed by atoms with Gasteiger partial charge in [0.05, 0.1) is 6.21 Å². The van der Waals surface area contributed by atoms with Gasteiger partial charge in [-0.3, -0.25) is 4.79 Å². The second kappa shape index (κ2) is 7.31. The highest BCUT2D eigenvalue weighted by atomic mass is 16.7. The van der Waals surface area contributed by atoms with E-state index in [0.717, 1.165) is 24.3 Å². The molecule has 0 bridgehead atoms. The minimum absolute atomic E-state index is 0.228. The molecule has 0 saturated heterocycles. The van der Waals surface area contributed by atoms with Crippen LogP contribution in [0, 0.1) is 0 Å². The van der Waals surface area contributed by atoms with Crippen LogP contribution in [0.25, 0.3) is 0 Å².